The lowest BCUT2D eigenvalue weighted by Crippen LogP contribution is -2.17. The highest BCUT2D eigenvalue weighted by atomic mass is 16.3. The lowest BCUT2D eigenvalue weighted by Gasteiger charge is -2.28. The molecule has 0 amide bonds. The molecule has 0 bridgehead atoms. The number of phenolic OH excluding ortho intramolecular Hbond substituents is 1. The molecule has 4 heteroatoms. The highest BCUT2D eigenvalue weighted by Crippen LogP contribution is 2.46. The van der Waals surface area contributed by atoms with Gasteiger partial charge in [0.05, 0.1) is 28.0 Å². The summed E-state index contributed by atoms with van der Waals surface area (Å²) in [6, 6.07) is 44.5. The lowest BCUT2D eigenvalue weighted by molar-refractivity contribution is 0.446. The van der Waals surface area contributed by atoms with E-state index in [1.807, 2.05) is 24.4 Å². The molecule has 1 N–H and O–H groups in total. The quantitative estimate of drug-likeness (QED) is 0.181. The minimum atomic E-state index is -2.17. The van der Waals surface area contributed by atoms with E-state index in [0.717, 1.165) is 78.0 Å². The van der Waals surface area contributed by atoms with Crippen LogP contribution in [0.3, 0.4) is 0 Å². The number of hydrogen-bond donors (Lipinski definition) is 1. The average Bonchev–Trinajstić information content (AvgIpc) is 3.66. The summed E-state index contributed by atoms with van der Waals surface area (Å²) >= 11 is 0. The molecule has 0 aliphatic rings. The maximum absolute atomic E-state index is 12.7. The number of para-hydroxylation sites is 1. The zero-order valence-corrected chi connectivity index (χ0v) is 42.5. The van der Waals surface area contributed by atoms with Gasteiger partial charge < -0.3 is 5.11 Å². The number of pyridine rings is 1. The van der Waals surface area contributed by atoms with Crippen molar-refractivity contribution in [2.45, 2.75) is 138 Å². The summed E-state index contributed by atoms with van der Waals surface area (Å²) in [5, 5.41) is 12.7. The average molecular weight is 889 g/mol. The van der Waals surface area contributed by atoms with Crippen LogP contribution in [0.4, 0.5) is 0 Å². The second-order valence-electron chi connectivity index (χ2n) is 23.7. The fourth-order valence-electron chi connectivity index (χ4n) is 8.94. The number of aromatic hydroxyl groups is 1. The van der Waals surface area contributed by atoms with Crippen molar-refractivity contribution in [2.24, 2.45) is 0 Å². The van der Waals surface area contributed by atoms with E-state index in [1.165, 1.54) is 11.1 Å². The van der Waals surface area contributed by atoms with E-state index in [9.17, 15) is 5.11 Å². The summed E-state index contributed by atoms with van der Waals surface area (Å²) in [6.07, 6.45) is 1.82. The van der Waals surface area contributed by atoms with E-state index in [4.69, 9.17) is 14.1 Å². The number of fused-ring (bicyclic) bond motifs is 1. The Hall–Kier alpha value is -6.26. The third-order valence-corrected chi connectivity index (χ3v) is 13.3. The van der Waals surface area contributed by atoms with Crippen molar-refractivity contribution in [3.05, 3.63) is 167 Å². The number of imidazole rings is 1. The predicted molar refractivity (Wildman–Crippen MR) is 286 cm³/mol. The molecule has 0 fully saturated rings. The van der Waals surface area contributed by atoms with Crippen molar-refractivity contribution in [3.63, 3.8) is 0 Å². The highest BCUT2D eigenvalue weighted by molar-refractivity contribution is 5.98. The minimum Gasteiger partial charge on any atom is -0.507 e. The van der Waals surface area contributed by atoms with E-state index >= 15 is 0 Å². The molecule has 0 atom stereocenters. The molecule has 0 aliphatic heterocycles. The zero-order chi connectivity index (χ0) is 51.1. The Balaban J connectivity index is 1.44. The van der Waals surface area contributed by atoms with Gasteiger partial charge in [-0.15, -0.1) is 0 Å². The van der Waals surface area contributed by atoms with Gasteiger partial charge in [0.2, 0.25) is 0 Å². The summed E-state index contributed by atoms with van der Waals surface area (Å²) < 4.78 is 25.9. The third-order valence-electron chi connectivity index (χ3n) is 13.3. The lowest BCUT2D eigenvalue weighted by atomic mass is 9.79. The molecular weight excluding hydrogens is 815 g/mol. The number of hydrogen-bond acceptors (Lipinski definition) is 3. The maximum atomic E-state index is 12.7. The zero-order valence-electron chi connectivity index (χ0n) is 45.5. The molecule has 0 saturated heterocycles. The first-order valence-corrected chi connectivity index (χ1v) is 23.8. The smallest absolute Gasteiger partial charge is 0.149 e. The normalized spacial score (nSPS) is 13.7. The van der Waals surface area contributed by atoms with Gasteiger partial charge in [-0.2, -0.15) is 0 Å². The fraction of sp³-hybridized carbons (Fsp3) is 0.333. The van der Waals surface area contributed by atoms with Crippen LogP contribution in [-0.2, 0) is 27.1 Å². The second-order valence-corrected chi connectivity index (χ2v) is 23.7. The minimum absolute atomic E-state index is 0.00264. The molecule has 8 aromatic rings. The van der Waals surface area contributed by atoms with Crippen molar-refractivity contribution >= 4 is 11.0 Å². The van der Waals surface area contributed by atoms with E-state index in [0.29, 0.717) is 17.0 Å². The molecule has 0 aliphatic carbocycles. The van der Waals surface area contributed by atoms with E-state index in [2.05, 4.69) is 205 Å². The topological polar surface area (TPSA) is 50.9 Å². The number of aromatic nitrogens is 3. The molecule has 2 heterocycles. The van der Waals surface area contributed by atoms with Crippen LogP contribution in [0.2, 0.25) is 0 Å². The van der Waals surface area contributed by atoms with Crippen molar-refractivity contribution < 1.29 is 9.22 Å². The van der Waals surface area contributed by atoms with Crippen molar-refractivity contribution in [3.8, 4) is 67.5 Å². The molecule has 0 radical (unpaired) electrons. The first kappa shape index (κ1) is 43.3. The summed E-state index contributed by atoms with van der Waals surface area (Å²) in [5.41, 5.74) is 16.2. The molecule has 6 aromatic carbocycles. The van der Waals surface area contributed by atoms with Gasteiger partial charge in [0.15, 0.2) is 0 Å². The van der Waals surface area contributed by atoms with Gasteiger partial charge in [-0.05, 0) is 127 Å². The van der Waals surface area contributed by atoms with Gasteiger partial charge in [-0.1, -0.05) is 188 Å². The molecule has 2 aromatic heterocycles. The molecule has 4 nitrogen and oxygen atoms in total. The van der Waals surface area contributed by atoms with Gasteiger partial charge in [-0.3, -0.25) is 9.55 Å². The summed E-state index contributed by atoms with van der Waals surface area (Å²) in [5.74, 6) is 0.899. The van der Waals surface area contributed by atoms with Crippen molar-refractivity contribution in [2.75, 3.05) is 0 Å². The van der Waals surface area contributed by atoms with Crippen LogP contribution in [0, 0.1) is 6.85 Å². The fourth-order valence-corrected chi connectivity index (χ4v) is 8.94. The van der Waals surface area contributed by atoms with Crippen molar-refractivity contribution in [1.82, 2.24) is 14.5 Å². The van der Waals surface area contributed by atoms with Gasteiger partial charge in [0.1, 0.15) is 11.6 Å². The molecule has 344 valence electrons. The van der Waals surface area contributed by atoms with Crippen molar-refractivity contribution in [1.29, 1.82) is 0 Å². The Morgan fingerprint density at radius 3 is 1.66 bits per heavy atom. The molecule has 0 saturated carbocycles. The van der Waals surface area contributed by atoms with E-state index in [1.54, 1.807) is 12.1 Å². The van der Waals surface area contributed by atoms with Crippen LogP contribution >= 0.6 is 0 Å². The standard InChI is InChI=1S/C63H71N3O/c1-39-20-22-40(23-21-39)42-30-31-64-53(35-42)44-32-43(33-47(34-44)61(8,9)10)49-18-17-19-55-56(49)65-58(51-37-48(62(11,12)13)38-52(57(51)67)63(14,15)16)66(55)54-29-28-46(60(5,6)7)36-50(54)41-24-26-45(27-25-41)59(2,3)4/h17-38,67H,1-16H3/i1D3. The molecular formula is C63H71N3O. The highest BCUT2D eigenvalue weighted by Gasteiger charge is 2.30. The maximum Gasteiger partial charge on any atom is 0.149 e. The number of rotatable bonds is 6. The van der Waals surface area contributed by atoms with E-state index < -0.39 is 6.85 Å². The van der Waals surface area contributed by atoms with Crippen LogP contribution in [0.1, 0.15) is 141 Å². The van der Waals surface area contributed by atoms with Crippen LogP contribution < -0.4 is 0 Å². The molecule has 8 rings (SSSR count). The van der Waals surface area contributed by atoms with Crippen LogP contribution in [-0.4, -0.2) is 19.6 Å². The Morgan fingerprint density at radius 1 is 0.463 bits per heavy atom. The summed E-state index contributed by atoms with van der Waals surface area (Å²) in [7, 11) is 0. The molecule has 67 heavy (non-hydrogen) atoms. The van der Waals surface area contributed by atoms with Crippen LogP contribution in [0.25, 0.3) is 72.7 Å². The van der Waals surface area contributed by atoms with Gasteiger partial charge in [0, 0.05) is 32.6 Å². The van der Waals surface area contributed by atoms with Gasteiger partial charge in [0.25, 0.3) is 0 Å². The predicted octanol–water partition coefficient (Wildman–Crippen LogP) is 17.3. The van der Waals surface area contributed by atoms with Gasteiger partial charge in [-0.25, -0.2) is 4.98 Å². The van der Waals surface area contributed by atoms with Gasteiger partial charge >= 0.3 is 0 Å². The summed E-state index contributed by atoms with van der Waals surface area (Å²) in [4.78, 5) is 10.6. The summed E-state index contributed by atoms with van der Waals surface area (Å²) in [6.45, 7) is 31.2. The largest absolute Gasteiger partial charge is 0.507 e. The first-order valence-electron chi connectivity index (χ1n) is 25.3. The number of benzene rings is 6. The number of aryl methyl sites for hydroxylation is 1. The second kappa shape index (κ2) is 16.8. The van der Waals surface area contributed by atoms with Crippen LogP contribution in [0.15, 0.2) is 134 Å². The first-order chi connectivity index (χ1) is 32.4. The number of phenols is 1. The monoisotopic (exact) mass is 889 g/mol. The Kier molecular flexibility index (Phi) is 10.9. The Morgan fingerprint density at radius 2 is 1.04 bits per heavy atom. The SMILES string of the molecule is [2H]C([2H])([2H])c1ccc(-c2ccnc(-c3cc(-c4cccc5c4nc(-c4cc(C(C)(C)C)cc(C(C)(C)C)c4O)n5-c4ccc(C(C)(C)C)cc4-c4ccc(C(C)(C)C)cc4)cc(C(C)(C)C)c3)c2)cc1. The Labute approximate surface area is 405 Å². The number of nitrogens with zero attached hydrogens (tertiary/aromatic N) is 3. The molecule has 0 spiro atoms. The van der Waals surface area contributed by atoms with Crippen LogP contribution in [0.5, 0.6) is 5.75 Å². The Bertz CT molecular complexity index is 3250. The van der Waals surface area contributed by atoms with E-state index in [-0.39, 0.29) is 32.8 Å². The molecule has 0 unspecified atom stereocenters. The third kappa shape index (κ3) is 9.51.